The van der Waals surface area contributed by atoms with E-state index < -0.39 is 16.1 Å². The van der Waals surface area contributed by atoms with Gasteiger partial charge in [0, 0.05) is 12.3 Å². The molecule has 1 fully saturated rings. The normalized spacial score (nSPS) is 17.6. The van der Waals surface area contributed by atoms with E-state index in [4.69, 9.17) is 5.26 Å². The largest absolute Gasteiger partial charge is 0.299 e. The molecule has 1 aliphatic rings. The lowest BCUT2D eigenvalue weighted by molar-refractivity contribution is -0.119. The molecule has 2 heterocycles. The van der Waals surface area contributed by atoms with Gasteiger partial charge in [-0.2, -0.15) is 9.57 Å². The minimum absolute atomic E-state index is 0.350. The summed E-state index contributed by atoms with van der Waals surface area (Å²) in [4.78, 5) is 12.4. The molecule has 1 aliphatic heterocycles. The van der Waals surface area contributed by atoms with Crippen molar-refractivity contribution in [1.29, 1.82) is 5.26 Å². The average molecular weight is 424 g/mol. The topological polar surface area (TPSA) is 116 Å². The van der Waals surface area contributed by atoms with Crippen LogP contribution in [0.2, 0.25) is 0 Å². The van der Waals surface area contributed by atoms with Gasteiger partial charge in [0.05, 0.1) is 17.9 Å². The van der Waals surface area contributed by atoms with Gasteiger partial charge in [-0.25, -0.2) is 8.42 Å². The van der Waals surface area contributed by atoms with Gasteiger partial charge >= 0.3 is 0 Å². The highest BCUT2D eigenvalue weighted by atomic mass is 32.2. The second-order valence-corrected chi connectivity index (χ2v) is 10.1. The van der Waals surface area contributed by atoms with Crippen LogP contribution in [0.1, 0.15) is 24.0 Å². The highest BCUT2D eigenvalue weighted by molar-refractivity contribution is 8.00. The number of thioether (sulfide) groups is 1. The number of aromatic nitrogens is 2. The van der Waals surface area contributed by atoms with E-state index in [0.29, 0.717) is 40.2 Å². The molecular weight excluding hydrogens is 406 g/mol. The third-order valence-corrected chi connectivity index (χ3v) is 7.35. The minimum atomic E-state index is -3.41. The lowest BCUT2D eigenvalue weighted by Gasteiger charge is -2.20. The van der Waals surface area contributed by atoms with Gasteiger partial charge in [-0.05, 0) is 30.5 Å². The summed E-state index contributed by atoms with van der Waals surface area (Å²) in [6.07, 6.45) is 2.27. The molecule has 27 heavy (non-hydrogen) atoms. The van der Waals surface area contributed by atoms with Crippen molar-refractivity contribution in [2.75, 3.05) is 18.1 Å². The Balaban J connectivity index is 1.57. The third kappa shape index (κ3) is 5.04. The summed E-state index contributed by atoms with van der Waals surface area (Å²) in [6.45, 7) is 0.360. The average Bonchev–Trinajstić information content (AvgIpc) is 3.29. The van der Waals surface area contributed by atoms with Crippen LogP contribution in [-0.4, -0.2) is 47.7 Å². The number of rotatable bonds is 6. The Morgan fingerprint density at radius 2 is 2.15 bits per heavy atom. The molecule has 142 valence electrons. The van der Waals surface area contributed by atoms with Gasteiger partial charge in [0.25, 0.3) is 0 Å². The van der Waals surface area contributed by atoms with Crippen LogP contribution in [0.25, 0.3) is 0 Å². The second-order valence-electron chi connectivity index (χ2n) is 5.99. The van der Waals surface area contributed by atoms with Crippen LogP contribution in [0.5, 0.6) is 0 Å². The van der Waals surface area contributed by atoms with Gasteiger partial charge in [0.1, 0.15) is 6.04 Å². The summed E-state index contributed by atoms with van der Waals surface area (Å²) in [7, 11) is -3.41. The summed E-state index contributed by atoms with van der Waals surface area (Å²) < 4.78 is 25.5. The molecule has 8 nitrogen and oxygen atoms in total. The van der Waals surface area contributed by atoms with Crippen molar-refractivity contribution < 1.29 is 13.2 Å². The first-order valence-electron chi connectivity index (χ1n) is 8.10. The lowest BCUT2D eigenvalue weighted by atomic mass is 10.2. The highest BCUT2D eigenvalue weighted by Crippen LogP contribution is 2.29. The van der Waals surface area contributed by atoms with E-state index in [1.54, 1.807) is 12.1 Å². The fraction of sp³-hybridized carbons (Fsp3) is 0.375. The third-order valence-electron chi connectivity index (χ3n) is 4.01. The number of nitrogens with one attached hydrogen (secondary N) is 1. The van der Waals surface area contributed by atoms with Crippen molar-refractivity contribution >= 4 is 44.2 Å². The molecule has 1 N–H and O–H groups in total. The van der Waals surface area contributed by atoms with Gasteiger partial charge < -0.3 is 0 Å². The maximum Gasteiger partial charge on any atom is 0.244 e. The van der Waals surface area contributed by atoms with Crippen LogP contribution >= 0.6 is 23.1 Å². The fourth-order valence-electron chi connectivity index (χ4n) is 2.73. The van der Waals surface area contributed by atoms with Crippen molar-refractivity contribution in [3.05, 3.63) is 35.4 Å². The van der Waals surface area contributed by atoms with Crippen LogP contribution in [0, 0.1) is 11.3 Å². The van der Waals surface area contributed by atoms with E-state index in [1.165, 1.54) is 27.4 Å². The predicted molar refractivity (Wildman–Crippen MR) is 104 cm³/mol. The summed E-state index contributed by atoms with van der Waals surface area (Å²) in [5.41, 5.74) is 1.66. The van der Waals surface area contributed by atoms with Crippen LogP contribution < -0.4 is 5.32 Å². The molecule has 0 radical (unpaired) electrons. The zero-order valence-electron chi connectivity index (χ0n) is 14.5. The minimum Gasteiger partial charge on any atom is -0.299 e. The number of amides is 1. The van der Waals surface area contributed by atoms with Gasteiger partial charge in [-0.3, -0.25) is 10.1 Å². The van der Waals surface area contributed by atoms with Crippen LogP contribution in [0.3, 0.4) is 0 Å². The van der Waals surface area contributed by atoms with E-state index in [2.05, 4.69) is 21.6 Å². The SMILES string of the molecule is CS(=O)(=O)N1CCCC1C(=O)Nc1nnc(SCc2ccc(C#N)cc2)s1. The molecule has 1 aromatic heterocycles. The van der Waals surface area contributed by atoms with Crippen molar-refractivity contribution in [3.8, 4) is 6.07 Å². The van der Waals surface area contributed by atoms with Crippen LogP contribution in [0.4, 0.5) is 5.13 Å². The molecular formula is C16H17N5O3S3. The molecule has 1 atom stereocenters. The summed E-state index contributed by atoms with van der Waals surface area (Å²) in [5, 5.41) is 19.8. The molecule has 1 saturated heterocycles. The number of nitriles is 1. The molecule has 1 unspecified atom stereocenters. The number of benzene rings is 1. The van der Waals surface area contributed by atoms with Crippen LogP contribution in [0.15, 0.2) is 28.6 Å². The first-order chi connectivity index (χ1) is 12.9. The number of carbonyl (C=O) groups is 1. The van der Waals surface area contributed by atoms with Crippen LogP contribution in [-0.2, 0) is 20.6 Å². The number of anilines is 1. The van der Waals surface area contributed by atoms with Gasteiger partial charge in [-0.15, -0.1) is 10.2 Å². The molecule has 3 rings (SSSR count). The molecule has 0 saturated carbocycles. The number of hydrogen-bond acceptors (Lipinski definition) is 8. The Labute approximate surface area is 165 Å². The summed E-state index contributed by atoms with van der Waals surface area (Å²) in [5.74, 6) is 0.288. The van der Waals surface area contributed by atoms with Crippen molar-refractivity contribution in [2.45, 2.75) is 29.0 Å². The Morgan fingerprint density at radius 3 is 2.81 bits per heavy atom. The predicted octanol–water partition coefficient (Wildman–Crippen LogP) is 2.06. The smallest absolute Gasteiger partial charge is 0.244 e. The standard InChI is InChI=1S/C16H17N5O3S3/c1-27(23,24)21-8-2-3-13(21)14(22)18-15-19-20-16(26-15)25-10-12-6-4-11(9-17)5-7-12/h4-7,13H,2-3,8,10H2,1H3,(H,18,19,22). The Morgan fingerprint density at radius 1 is 1.41 bits per heavy atom. The number of hydrogen-bond donors (Lipinski definition) is 1. The molecule has 0 aliphatic carbocycles. The van der Waals surface area contributed by atoms with E-state index >= 15 is 0 Å². The van der Waals surface area contributed by atoms with Crippen molar-refractivity contribution in [3.63, 3.8) is 0 Å². The Bertz CT molecular complexity index is 966. The fourth-order valence-corrected chi connectivity index (χ4v) is 5.56. The van der Waals surface area contributed by atoms with E-state index in [0.717, 1.165) is 11.8 Å². The summed E-state index contributed by atoms with van der Waals surface area (Å²) >= 11 is 2.72. The molecule has 1 amide bonds. The van der Waals surface area contributed by atoms with Crippen molar-refractivity contribution in [2.24, 2.45) is 0 Å². The molecule has 11 heteroatoms. The Kier molecular flexibility index (Phi) is 6.11. The van der Waals surface area contributed by atoms with Gasteiger partial charge in [0.2, 0.25) is 21.1 Å². The maximum atomic E-state index is 12.4. The quantitative estimate of drug-likeness (QED) is 0.558. The molecule has 2 aromatic rings. The summed E-state index contributed by atoms with van der Waals surface area (Å²) in [6, 6.07) is 8.67. The first kappa shape index (κ1) is 19.8. The number of nitrogens with zero attached hydrogens (tertiary/aromatic N) is 4. The van der Waals surface area contributed by atoms with E-state index in [9.17, 15) is 13.2 Å². The molecule has 1 aromatic carbocycles. The zero-order valence-corrected chi connectivity index (χ0v) is 16.9. The highest BCUT2D eigenvalue weighted by Gasteiger charge is 2.36. The van der Waals surface area contributed by atoms with Gasteiger partial charge in [0.15, 0.2) is 4.34 Å². The first-order valence-corrected chi connectivity index (χ1v) is 11.7. The molecule has 0 spiro atoms. The second kappa shape index (κ2) is 8.35. The lowest BCUT2D eigenvalue weighted by Crippen LogP contribution is -2.42. The number of carbonyl (C=O) groups excluding carboxylic acids is 1. The Hall–Kier alpha value is -2.00. The zero-order chi connectivity index (χ0) is 19.4. The van der Waals surface area contributed by atoms with Gasteiger partial charge in [-0.1, -0.05) is 35.2 Å². The van der Waals surface area contributed by atoms with E-state index in [-0.39, 0.29) is 5.91 Å². The molecule has 0 bridgehead atoms. The van der Waals surface area contributed by atoms with E-state index in [1.807, 2.05) is 12.1 Å². The monoisotopic (exact) mass is 423 g/mol. The number of sulfonamides is 1. The van der Waals surface area contributed by atoms with Crippen molar-refractivity contribution in [1.82, 2.24) is 14.5 Å². The maximum absolute atomic E-state index is 12.4.